The van der Waals surface area contributed by atoms with Gasteiger partial charge in [-0.25, -0.2) is 9.98 Å². The molecule has 0 spiro atoms. The third-order valence-electron chi connectivity index (χ3n) is 4.69. The van der Waals surface area contributed by atoms with Crippen LogP contribution >= 0.6 is 11.3 Å². The fourth-order valence-corrected chi connectivity index (χ4v) is 4.16. The van der Waals surface area contributed by atoms with Gasteiger partial charge in [-0.15, -0.1) is 11.3 Å². The van der Waals surface area contributed by atoms with Crippen molar-refractivity contribution >= 4 is 22.4 Å². The van der Waals surface area contributed by atoms with Gasteiger partial charge >= 0.3 is 0 Å². The lowest BCUT2D eigenvalue weighted by atomic mass is 9.98. The van der Waals surface area contributed by atoms with Crippen LogP contribution in [0.4, 0.5) is 5.13 Å². The van der Waals surface area contributed by atoms with Crippen LogP contribution < -0.4 is 15.5 Å². The van der Waals surface area contributed by atoms with Crippen LogP contribution in [-0.2, 0) is 11.3 Å². The Morgan fingerprint density at radius 1 is 1.35 bits per heavy atom. The summed E-state index contributed by atoms with van der Waals surface area (Å²) in [5.74, 6) is 1.59. The highest BCUT2D eigenvalue weighted by Crippen LogP contribution is 2.30. The van der Waals surface area contributed by atoms with E-state index >= 15 is 0 Å². The molecule has 0 saturated heterocycles. The monoisotopic (exact) mass is 381 g/mol. The van der Waals surface area contributed by atoms with Crippen molar-refractivity contribution in [2.45, 2.75) is 58.6 Å². The van der Waals surface area contributed by atoms with Crippen molar-refractivity contribution in [3.63, 3.8) is 0 Å². The summed E-state index contributed by atoms with van der Waals surface area (Å²) >= 11 is 1.65. The summed E-state index contributed by atoms with van der Waals surface area (Å²) in [5, 5.41) is 9.87. The van der Waals surface area contributed by atoms with Gasteiger partial charge in [-0.2, -0.15) is 0 Å². The summed E-state index contributed by atoms with van der Waals surface area (Å²) in [6, 6.07) is 0. The van der Waals surface area contributed by atoms with Gasteiger partial charge in [0.05, 0.1) is 18.3 Å². The van der Waals surface area contributed by atoms with Crippen molar-refractivity contribution in [1.29, 1.82) is 0 Å². The predicted molar refractivity (Wildman–Crippen MR) is 111 cm³/mol. The molecular weight excluding hydrogens is 346 g/mol. The fraction of sp³-hybridized carbons (Fsp3) is 0.789. The van der Waals surface area contributed by atoms with Crippen LogP contribution in [-0.4, -0.2) is 50.8 Å². The Hall–Kier alpha value is -1.34. The van der Waals surface area contributed by atoms with E-state index in [1.807, 2.05) is 19.0 Å². The SMILES string of the molecule is CCNC(=NCc1csc(N(C)C)n1)NCCC(OCC)C1CCCC1. The lowest BCUT2D eigenvalue weighted by molar-refractivity contribution is 0.0169. The third kappa shape index (κ3) is 6.76. The molecule has 1 aliphatic rings. The highest BCUT2D eigenvalue weighted by atomic mass is 32.1. The first-order chi connectivity index (χ1) is 12.6. The number of thiazole rings is 1. The number of hydrogen-bond donors (Lipinski definition) is 2. The van der Waals surface area contributed by atoms with Crippen LogP contribution in [0.2, 0.25) is 0 Å². The van der Waals surface area contributed by atoms with E-state index in [1.54, 1.807) is 11.3 Å². The van der Waals surface area contributed by atoms with Crippen LogP contribution in [0.1, 0.15) is 51.6 Å². The number of rotatable bonds is 10. The maximum atomic E-state index is 6.01. The maximum Gasteiger partial charge on any atom is 0.191 e. The van der Waals surface area contributed by atoms with E-state index in [2.05, 4.69) is 39.8 Å². The molecule has 7 heteroatoms. The first-order valence-electron chi connectivity index (χ1n) is 9.89. The average Bonchev–Trinajstić information content (AvgIpc) is 3.30. The molecule has 1 atom stereocenters. The summed E-state index contributed by atoms with van der Waals surface area (Å²) < 4.78 is 6.01. The Bertz CT molecular complexity index is 540. The van der Waals surface area contributed by atoms with Crippen LogP contribution in [0, 0.1) is 5.92 Å². The van der Waals surface area contributed by atoms with Gasteiger partial charge < -0.3 is 20.3 Å². The number of aliphatic imine (C=N–C) groups is 1. The van der Waals surface area contributed by atoms with E-state index in [0.29, 0.717) is 12.6 Å². The first kappa shape index (κ1) is 21.0. The van der Waals surface area contributed by atoms with Crippen molar-refractivity contribution in [2.75, 3.05) is 38.7 Å². The minimum absolute atomic E-state index is 0.374. The topological polar surface area (TPSA) is 61.8 Å². The number of guanidine groups is 1. The Balaban J connectivity index is 1.83. The second-order valence-electron chi connectivity index (χ2n) is 6.96. The molecule has 1 unspecified atom stereocenters. The fourth-order valence-electron chi connectivity index (χ4n) is 3.41. The van der Waals surface area contributed by atoms with E-state index in [9.17, 15) is 0 Å². The molecule has 148 valence electrons. The largest absolute Gasteiger partial charge is 0.378 e. The molecule has 1 aliphatic carbocycles. The van der Waals surface area contributed by atoms with E-state index in [1.165, 1.54) is 25.7 Å². The van der Waals surface area contributed by atoms with Gasteiger partial charge in [-0.3, -0.25) is 0 Å². The summed E-state index contributed by atoms with van der Waals surface area (Å²) in [7, 11) is 4.02. The highest BCUT2D eigenvalue weighted by molar-refractivity contribution is 7.13. The molecule has 0 aromatic carbocycles. The lowest BCUT2D eigenvalue weighted by Gasteiger charge is -2.24. The molecule has 1 saturated carbocycles. The van der Waals surface area contributed by atoms with Crippen LogP contribution in [0.3, 0.4) is 0 Å². The molecule has 1 fully saturated rings. The Labute approximate surface area is 162 Å². The number of nitrogens with one attached hydrogen (secondary N) is 2. The summed E-state index contributed by atoms with van der Waals surface area (Å²) in [6.07, 6.45) is 6.75. The van der Waals surface area contributed by atoms with E-state index in [0.717, 1.165) is 48.8 Å². The van der Waals surface area contributed by atoms with E-state index in [4.69, 9.17) is 4.74 Å². The number of aromatic nitrogens is 1. The quantitative estimate of drug-likeness (QED) is 0.481. The standard InChI is InChI=1S/C19H35N5OS/c1-5-20-18(22-13-16-14-26-19(23-16)24(3)4)21-12-11-17(25-6-2)15-9-7-8-10-15/h14-15,17H,5-13H2,1-4H3,(H2,20,21,22). The van der Waals surface area contributed by atoms with Gasteiger partial charge in [0.25, 0.3) is 0 Å². The van der Waals surface area contributed by atoms with Crippen LogP contribution in [0.5, 0.6) is 0 Å². The molecule has 0 amide bonds. The predicted octanol–water partition coefficient (Wildman–Crippen LogP) is 3.25. The van der Waals surface area contributed by atoms with Gasteiger partial charge in [-0.1, -0.05) is 12.8 Å². The van der Waals surface area contributed by atoms with E-state index in [-0.39, 0.29) is 0 Å². The second kappa shape index (κ2) is 11.4. The third-order valence-corrected chi connectivity index (χ3v) is 5.75. The van der Waals surface area contributed by atoms with Crippen molar-refractivity contribution in [3.8, 4) is 0 Å². The minimum atomic E-state index is 0.374. The summed E-state index contributed by atoms with van der Waals surface area (Å²) in [5.41, 5.74) is 1.01. The average molecular weight is 382 g/mol. The first-order valence-corrected chi connectivity index (χ1v) is 10.8. The minimum Gasteiger partial charge on any atom is -0.378 e. The Morgan fingerprint density at radius 2 is 2.12 bits per heavy atom. The highest BCUT2D eigenvalue weighted by Gasteiger charge is 2.25. The zero-order chi connectivity index (χ0) is 18.8. The molecule has 1 heterocycles. The Kier molecular flexibility index (Phi) is 9.18. The van der Waals surface area contributed by atoms with Gasteiger partial charge in [-0.05, 0) is 39.0 Å². The van der Waals surface area contributed by atoms with Gasteiger partial charge in [0.1, 0.15) is 0 Å². The molecule has 1 aromatic heterocycles. The van der Waals surface area contributed by atoms with Gasteiger partial charge in [0, 0.05) is 39.2 Å². The number of hydrogen-bond acceptors (Lipinski definition) is 5. The van der Waals surface area contributed by atoms with Crippen molar-refractivity contribution in [1.82, 2.24) is 15.6 Å². The lowest BCUT2D eigenvalue weighted by Crippen LogP contribution is -2.39. The van der Waals surface area contributed by atoms with Crippen LogP contribution in [0.15, 0.2) is 10.4 Å². The summed E-state index contributed by atoms with van der Waals surface area (Å²) in [4.78, 5) is 11.3. The van der Waals surface area contributed by atoms with Gasteiger partial charge in [0.15, 0.2) is 11.1 Å². The molecule has 6 nitrogen and oxygen atoms in total. The Morgan fingerprint density at radius 3 is 2.73 bits per heavy atom. The maximum absolute atomic E-state index is 6.01. The molecule has 2 N–H and O–H groups in total. The van der Waals surface area contributed by atoms with Crippen molar-refractivity contribution in [3.05, 3.63) is 11.1 Å². The van der Waals surface area contributed by atoms with Crippen molar-refractivity contribution < 1.29 is 4.74 Å². The molecule has 1 aromatic rings. The number of nitrogens with zero attached hydrogens (tertiary/aromatic N) is 3. The number of anilines is 1. The normalized spacial score (nSPS) is 16.7. The van der Waals surface area contributed by atoms with Gasteiger partial charge in [0.2, 0.25) is 0 Å². The molecule has 0 aliphatic heterocycles. The molecule has 0 bridgehead atoms. The van der Waals surface area contributed by atoms with Crippen LogP contribution in [0.25, 0.3) is 0 Å². The molecule has 0 radical (unpaired) electrons. The zero-order valence-corrected chi connectivity index (χ0v) is 17.6. The zero-order valence-electron chi connectivity index (χ0n) is 16.8. The molecule has 2 rings (SSSR count). The van der Waals surface area contributed by atoms with Crippen molar-refractivity contribution in [2.24, 2.45) is 10.9 Å². The molecule has 26 heavy (non-hydrogen) atoms. The smallest absolute Gasteiger partial charge is 0.191 e. The molecular formula is C19H35N5OS. The summed E-state index contributed by atoms with van der Waals surface area (Å²) in [6.45, 7) is 7.31. The number of ether oxygens (including phenoxy) is 1. The van der Waals surface area contributed by atoms with E-state index < -0.39 is 0 Å². The second-order valence-corrected chi connectivity index (χ2v) is 7.80.